The zero-order valence-electron chi connectivity index (χ0n) is 23.2. The van der Waals surface area contributed by atoms with Gasteiger partial charge in [-0.3, -0.25) is 28.3 Å². The lowest BCUT2D eigenvalue weighted by Crippen LogP contribution is -2.34. The zero-order chi connectivity index (χ0) is 33.7. The summed E-state index contributed by atoms with van der Waals surface area (Å²) in [6.07, 6.45) is 0. The van der Waals surface area contributed by atoms with E-state index in [9.17, 15) is 45.1 Å². The zero-order valence-corrected chi connectivity index (χ0v) is 25.7. The van der Waals surface area contributed by atoms with E-state index in [4.69, 9.17) is 5.26 Å². The van der Waals surface area contributed by atoms with Crippen LogP contribution >= 0.6 is 12.0 Å². The standard InChI is InChI=1S/C29H14N2O13S3/c1-31-24-19(7-6-15-22(24)29(35)17-9-12(46(37,38)39)3-5-14(17)26(15)32)30-23-21-18(10-20(25(23)31)47(40,41)42)27(33)13-4-2-11(45-44-43-36)8-16(13)28(21)34/h2-10H,1H3,(H2-,36,37,38,39,40,41,42)/p+1. The Morgan fingerprint density at radius 2 is 1.30 bits per heavy atom. The van der Waals surface area contributed by atoms with Crippen LogP contribution in [0.15, 0.2) is 88.5 Å². The summed E-state index contributed by atoms with van der Waals surface area (Å²) in [5.41, 5.74) is -3.92. The predicted molar refractivity (Wildman–Crippen MR) is 168 cm³/mol. The molecule has 7 rings (SSSR count). The van der Waals surface area contributed by atoms with E-state index >= 15 is 0 Å². The Balaban J connectivity index is 1.73. The summed E-state index contributed by atoms with van der Waals surface area (Å²) in [5, 5.41) is 10.3. The Kier molecular flexibility index (Phi) is 6.80. The van der Waals surface area contributed by atoms with Crippen molar-refractivity contribution in [3.63, 3.8) is 0 Å². The van der Waals surface area contributed by atoms with Gasteiger partial charge < -0.3 is 0 Å². The second kappa shape index (κ2) is 10.4. The molecule has 0 saturated carbocycles. The molecule has 1 heterocycles. The molecule has 0 radical (unpaired) electrons. The highest BCUT2D eigenvalue weighted by Crippen LogP contribution is 2.31. The monoisotopic (exact) mass is 695 g/mol. The van der Waals surface area contributed by atoms with Crippen LogP contribution in [0.3, 0.4) is 0 Å². The summed E-state index contributed by atoms with van der Waals surface area (Å²) in [5.74, 6) is 0. The molecule has 0 unspecified atom stereocenters. The van der Waals surface area contributed by atoms with Gasteiger partial charge in [0, 0.05) is 37.2 Å². The fourth-order valence-corrected chi connectivity index (χ4v) is 7.63. The number of benzene rings is 6. The molecular weight excluding hydrogens is 681 g/mol. The minimum Gasteiger partial charge on any atom is -0.289 e. The average molecular weight is 696 g/mol. The Morgan fingerprint density at radius 3 is 1.96 bits per heavy atom. The first-order valence-electron chi connectivity index (χ1n) is 13.0. The molecule has 3 N–H and O–H groups in total. The molecule has 0 aliphatic carbocycles. The third-order valence-electron chi connectivity index (χ3n) is 7.94. The molecule has 0 bridgehead atoms. The first-order chi connectivity index (χ1) is 22.1. The van der Waals surface area contributed by atoms with Gasteiger partial charge in [-0.25, -0.2) is 10.2 Å². The largest absolute Gasteiger partial charge is 0.301 e. The summed E-state index contributed by atoms with van der Waals surface area (Å²) in [6.45, 7) is 0. The van der Waals surface area contributed by atoms with Gasteiger partial charge in [-0.05, 0) is 54.6 Å². The van der Waals surface area contributed by atoms with E-state index in [1.54, 1.807) is 0 Å². The van der Waals surface area contributed by atoms with E-state index in [1.807, 2.05) is 0 Å². The SMILES string of the molecule is C[n+]1c2c(S(=O)(=O)O)cc3c(=O)c4ccc(SOOO)cc4c(=O)c3c2nc2ccc3c(=O)c4ccc(S(=O)(=O)O)cc4c(=O)c3c21. The summed E-state index contributed by atoms with van der Waals surface area (Å²) in [6, 6.07) is 10.3. The molecule has 18 heteroatoms. The minimum absolute atomic E-state index is 0.0344. The van der Waals surface area contributed by atoms with E-state index in [0.29, 0.717) is 12.0 Å². The van der Waals surface area contributed by atoms with Crippen molar-refractivity contribution >= 4 is 97.4 Å². The van der Waals surface area contributed by atoms with Gasteiger partial charge in [-0.2, -0.15) is 21.4 Å². The lowest BCUT2D eigenvalue weighted by molar-refractivity contribution is -0.618. The van der Waals surface area contributed by atoms with Crippen molar-refractivity contribution < 1.29 is 45.1 Å². The Hall–Kier alpha value is -4.79. The average Bonchev–Trinajstić information content (AvgIpc) is 3.02. The van der Waals surface area contributed by atoms with Crippen LogP contribution in [0.1, 0.15) is 0 Å². The molecule has 0 fully saturated rings. The van der Waals surface area contributed by atoms with E-state index < -0.39 is 57.3 Å². The first-order valence-corrected chi connectivity index (χ1v) is 16.7. The van der Waals surface area contributed by atoms with Crippen molar-refractivity contribution in [3.05, 3.63) is 95.5 Å². The highest BCUT2D eigenvalue weighted by Gasteiger charge is 2.31. The van der Waals surface area contributed by atoms with Gasteiger partial charge >= 0.3 is 10.1 Å². The highest BCUT2D eigenvalue weighted by atomic mass is 32.2. The number of fused-ring (bicyclic) bond motifs is 8. The molecular formula is C29H15N2O13S3+. The Bertz CT molecular complexity index is 3050. The third-order valence-corrected chi connectivity index (χ3v) is 10.2. The summed E-state index contributed by atoms with van der Waals surface area (Å²) < 4.78 is 74.5. The van der Waals surface area contributed by atoms with Gasteiger partial charge in [-0.15, -0.1) is 4.33 Å². The fourth-order valence-electron chi connectivity index (χ4n) is 5.98. The summed E-state index contributed by atoms with van der Waals surface area (Å²) >= 11 is 0.528. The van der Waals surface area contributed by atoms with E-state index in [-0.39, 0.29) is 64.5 Å². The summed E-state index contributed by atoms with van der Waals surface area (Å²) in [7, 11) is -8.61. The van der Waals surface area contributed by atoms with Crippen LogP contribution in [0.5, 0.6) is 0 Å². The lowest BCUT2D eigenvalue weighted by Gasteiger charge is -2.10. The van der Waals surface area contributed by atoms with Gasteiger partial charge in [0.2, 0.25) is 10.9 Å². The maximum absolute atomic E-state index is 14.0. The molecule has 0 spiro atoms. The van der Waals surface area contributed by atoms with Crippen molar-refractivity contribution in [2.75, 3.05) is 0 Å². The normalized spacial score (nSPS) is 12.8. The van der Waals surface area contributed by atoms with E-state index in [2.05, 4.69) is 14.4 Å². The molecule has 1 aromatic heterocycles. The van der Waals surface area contributed by atoms with Crippen molar-refractivity contribution in [3.8, 4) is 0 Å². The lowest BCUT2D eigenvalue weighted by atomic mass is 9.99. The molecule has 15 nitrogen and oxygen atoms in total. The van der Waals surface area contributed by atoms with Gasteiger partial charge in [0.05, 0.1) is 22.3 Å². The number of aryl methyl sites for hydroxylation is 1. The van der Waals surface area contributed by atoms with Crippen LogP contribution in [-0.4, -0.2) is 36.2 Å². The van der Waals surface area contributed by atoms with Crippen LogP contribution in [-0.2, 0) is 36.7 Å². The molecule has 0 saturated heterocycles. The van der Waals surface area contributed by atoms with Crippen LogP contribution in [0.4, 0.5) is 0 Å². The second-order valence-corrected chi connectivity index (χ2v) is 14.0. The van der Waals surface area contributed by atoms with E-state index in [0.717, 1.165) is 28.8 Å². The molecule has 7 aromatic rings. The van der Waals surface area contributed by atoms with Crippen LogP contribution in [0.25, 0.3) is 65.2 Å². The molecule has 0 amide bonds. The third kappa shape index (κ3) is 4.53. The second-order valence-electron chi connectivity index (χ2n) is 10.4. The number of hydrogen-bond acceptors (Lipinski definition) is 13. The number of aromatic nitrogens is 2. The molecule has 0 aliphatic heterocycles. The van der Waals surface area contributed by atoms with Crippen molar-refractivity contribution in [2.24, 2.45) is 7.05 Å². The first kappa shape index (κ1) is 30.8. The van der Waals surface area contributed by atoms with Gasteiger partial charge in [-0.1, -0.05) is 5.04 Å². The minimum atomic E-state index is -5.13. The van der Waals surface area contributed by atoms with Crippen LogP contribution in [0, 0.1) is 0 Å². The van der Waals surface area contributed by atoms with Crippen molar-refractivity contribution in [1.29, 1.82) is 0 Å². The van der Waals surface area contributed by atoms with Crippen LogP contribution in [0.2, 0.25) is 0 Å². The molecule has 6 aromatic carbocycles. The smallest absolute Gasteiger partial charge is 0.289 e. The maximum atomic E-state index is 14.0. The molecule has 236 valence electrons. The topological polar surface area (TPSA) is 232 Å². The number of hydrogen-bond donors (Lipinski definition) is 3. The van der Waals surface area contributed by atoms with Crippen molar-refractivity contribution in [1.82, 2.24) is 4.98 Å². The van der Waals surface area contributed by atoms with Crippen molar-refractivity contribution in [2.45, 2.75) is 14.7 Å². The van der Waals surface area contributed by atoms with Gasteiger partial charge in [0.25, 0.3) is 15.6 Å². The Morgan fingerprint density at radius 1 is 0.681 bits per heavy atom. The van der Waals surface area contributed by atoms with Crippen LogP contribution < -0.4 is 26.3 Å². The fraction of sp³-hybridized carbons (Fsp3) is 0.0345. The Labute approximate surface area is 264 Å². The molecule has 0 aliphatic rings. The van der Waals surface area contributed by atoms with E-state index in [1.165, 1.54) is 37.4 Å². The maximum Gasteiger partial charge on any atom is 0.301 e. The summed E-state index contributed by atoms with van der Waals surface area (Å²) in [4.78, 5) is 58.3. The number of nitrogens with zero attached hydrogens (tertiary/aromatic N) is 2. The quantitative estimate of drug-likeness (QED) is 0.0445. The number of rotatable bonds is 5. The highest BCUT2D eigenvalue weighted by molar-refractivity contribution is 7.94. The van der Waals surface area contributed by atoms with Gasteiger partial charge in [0.1, 0.15) is 23.5 Å². The predicted octanol–water partition coefficient (Wildman–Crippen LogP) is 2.06. The molecule has 47 heavy (non-hydrogen) atoms. The molecule has 0 atom stereocenters. The van der Waals surface area contributed by atoms with Gasteiger partial charge in [0.15, 0.2) is 21.2 Å².